The minimum Gasteiger partial charge on any atom is -0.481 e. The number of terminal acetylenes is 1. The van der Waals surface area contributed by atoms with Gasteiger partial charge in [0.25, 0.3) is 5.91 Å². The molecule has 1 aromatic carbocycles. The van der Waals surface area contributed by atoms with Crippen LogP contribution in [0.2, 0.25) is 0 Å². The van der Waals surface area contributed by atoms with Gasteiger partial charge in [0.15, 0.2) is 0 Å². The Balaban J connectivity index is 1.57. The molecule has 0 radical (unpaired) electrons. The van der Waals surface area contributed by atoms with Crippen molar-refractivity contribution in [3.8, 4) is 18.1 Å². The third kappa shape index (κ3) is 5.47. The maximum Gasteiger partial charge on any atom is 0.410 e. The highest BCUT2D eigenvalue weighted by molar-refractivity contribution is 5.90. The predicted molar refractivity (Wildman–Crippen MR) is 109 cm³/mol. The molecule has 1 N–H and O–H groups in total. The highest BCUT2D eigenvalue weighted by Crippen LogP contribution is 2.22. The fourth-order valence-corrected chi connectivity index (χ4v) is 2.81. The minimum absolute atomic E-state index is 0.0637. The maximum absolute atomic E-state index is 12.4. The summed E-state index contributed by atoms with van der Waals surface area (Å²) in [5.74, 6) is 2.75. The Bertz CT molecular complexity index is 974. The van der Waals surface area contributed by atoms with Crippen LogP contribution in [-0.2, 0) is 24.4 Å². The largest absolute Gasteiger partial charge is 0.481 e. The van der Waals surface area contributed by atoms with E-state index in [-0.39, 0.29) is 24.9 Å². The van der Waals surface area contributed by atoms with Crippen molar-refractivity contribution in [2.24, 2.45) is 0 Å². The number of benzene rings is 1. The zero-order valence-corrected chi connectivity index (χ0v) is 17.3. The molecule has 156 valence electrons. The third-order valence-corrected chi connectivity index (χ3v) is 4.21. The number of nitrogens with zero attached hydrogens (tertiary/aromatic N) is 3. The summed E-state index contributed by atoms with van der Waals surface area (Å²) in [4.78, 5) is 34.7. The lowest BCUT2D eigenvalue weighted by Crippen LogP contribution is -2.33. The Morgan fingerprint density at radius 2 is 1.97 bits per heavy atom. The highest BCUT2D eigenvalue weighted by atomic mass is 16.6. The fourth-order valence-electron chi connectivity index (χ4n) is 2.81. The number of hydrogen-bond donors (Lipinski definition) is 1. The summed E-state index contributed by atoms with van der Waals surface area (Å²) >= 11 is 0. The van der Waals surface area contributed by atoms with Crippen LogP contribution >= 0.6 is 0 Å². The van der Waals surface area contributed by atoms with Crippen molar-refractivity contribution < 1.29 is 19.1 Å². The molecule has 1 aliphatic rings. The molecule has 0 atom stereocenters. The number of aromatic nitrogens is 2. The van der Waals surface area contributed by atoms with E-state index in [1.165, 1.54) is 4.90 Å². The van der Waals surface area contributed by atoms with Gasteiger partial charge < -0.3 is 14.8 Å². The monoisotopic (exact) mass is 408 g/mol. The molecule has 0 aliphatic carbocycles. The molecular weight excluding hydrogens is 384 g/mol. The Hall–Kier alpha value is -3.60. The van der Waals surface area contributed by atoms with Crippen molar-refractivity contribution in [2.75, 3.05) is 6.61 Å². The second kappa shape index (κ2) is 8.82. The Labute approximate surface area is 175 Å². The SMILES string of the molecule is C#CCOc1ccc(CNC(=O)c2ncc3c(n2)CN(C(=O)OC(C)(C)C)C3)cc1. The van der Waals surface area contributed by atoms with E-state index in [1.54, 1.807) is 18.3 Å². The van der Waals surface area contributed by atoms with E-state index in [4.69, 9.17) is 15.9 Å². The summed E-state index contributed by atoms with van der Waals surface area (Å²) < 4.78 is 10.7. The average Bonchev–Trinajstić information content (AvgIpc) is 3.13. The molecule has 0 unspecified atom stereocenters. The van der Waals surface area contributed by atoms with Gasteiger partial charge in [0.2, 0.25) is 5.82 Å². The van der Waals surface area contributed by atoms with Crippen LogP contribution in [0.25, 0.3) is 0 Å². The fraction of sp³-hybridized carbons (Fsp3) is 0.364. The van der Waals surface area contributed by atoms with E-state index in [0.717, 1.165) is 11.1 Å². The summed E-state index contributed by atoms with van der Waals surface area (Å²) in [6, 6.07) is 7.26. The number of carbonyl (C=O) groups is 2. The molecule has 0 fully saturated rings. The number of fused-ring (bicyclic) bond motifs is 1. The lowest BCUT2D eigenvalue weighted by Gasteiger charge is -2.23. The van der Waals surface area contributed by atoms with Crippen molar-refractivity contribution in [1.29, 1.82) is 0 Å². The second-order valence-electron chi connectivity index (χ2n) is 7.82. The highest BCUT2D eigenvalue weighted by Gasteiger charge is 2.29. The first-order chi connectivity index (χ1) is 14.2. The van der Waals surface area contributed by atoms with Gasteiger partial charge in [-0.1, -0.05) is 18.1 Å². The van der Waals surface area contributed by atoms with E-state index >= 15 is 0 Å². The molecule has 8 heteroatoms. The van der Waals surface area contributed by atoms with Crippen LogP contribution in [-0.4, -0.2) is 39.1 Å². The van der Waals surface area contributed by atoms with Gasteiger partial charge in [-0.3, -0.25) is 9.69 Å². The quantitative estimate of drug-likeness (QED) is 0.765. The summed E-state index contributed by atoms with van der Waals surface area (Å²) in [7, 11) is 0. The molecule has 1 aromatic heterocycles. The van der Waals surface area contributed by atoms with Gasteiger partial charge in [-0.15, -0.1) is 6.42 Å². The van der Waals surface area contributed by atoms with Gasteiger partial charge >= 0.3 is 6.09 Å². The van der Waals surface area contributed by atoms with Gasteiger partial charge in [0.05, 0.1) is 18.8 Å². The molecule has 2 heterocycles. The average molecular weight is 408 g/mol. The Morgan fingerprint density at radius 3 is 2.63 bits per heavy atom. The van der Waals surface area contributed by atoms with Crippen LogP contribution in [0.5, 0.6) is 5.75 Å². The summed E-state index contributed by atoms with van der Waals surface area (Å²) in [5.41, 5.74) is 1.78. The zero-order chi connectivity index (χ0) is 21.7. The van der Waals surface area contributed by atoms with Crippen LogP contribution in [0.1, 0.15) is 48.2 Å². The molecular formula is C22H24N4O4. The van der Waals surface area contributed by atoms with E-state index in [1.807, 2.05) is 32.9 Å². The number of nitrogens with one attached hydrogen (secondary N) is 1. The van der Waals surface area contributed by atoms with Crippen molar-refractivity contribution in [2.45, 2.75) is 46.0 Å². The number of amides is 2. The number of carbonyl (C=O) groups excluding carboxylic acids is 2. The van der Waals surface area contributed by atoms with Gasteiger partial charge in [0, 0.05) is 18.3 Å². The van der Waals surface area contributed by atoms with Crippen molar-refractivity contribution in [3.63, 3.8) is 0 Å². The van der Waals surface area contributed by atoms with Crippen LogP contribution in [0.4, 0.5) is 4.79 Å². The van der Waals surface area contributed by atoms with Crippen molar-refractivity contribution in [1.82, 2.24) is 20.2 Å². The van der Waals surface area contributed by atoms with Gasteiger partial charge in [0.1, 0.15) is 18.0 Å². The topological polar surface area (TPSA) is 93.6 Å². The smallest absolute Gasteiger partial charge is 0.410 e. The summed E-state index contributed by atoms with van der Waals surface area (Å²) in [6.07, 6.45) is 6.33. The van der Waals surface area contributed by atoms with E-state index < -0.39 is 11.7 Å². The van der Waals surface area contributed by atoms with Crippen LogP contribution < -0.4 is 10.1 Å². The lowest BCUT2D eigenvalue weighted by atomic mass is 10.2. The normalized spacial score (nSPS) is 12.7. The predicted octanol–water partition coefficient (Wildman–Crippen LogP) is 2.67. The molecule has 1 aliphatic heterocycles. The first-order valence-electron chi connectivity index (χ1n) is 9.51. The zero-order valence-electron chi connectivity index (χ0n) is 17.3. The first kappa shape index (κ1) is 21.1. The van der Waals surface area contributed by atoms with Gasteiger partial charge in [-0.2, -0.15) is 0 Å². The van der Waals surface area contributed by atoms with Crippen LogP contribution in [0.15, 0.2) is 30.5 Å². The third-order valence-electron chi connectivity index (χ3n) is 4.21. The van der Waals surface area contributed by atoms with Crippen LogP contribution in [0.3, 0.4) is 0 Å². The second-order valence-corrected chi connectivity index (χ2v) is 7.82. The van der Waals surface area contributed by atoms with Crippen LogP contribution in [0, 0.1) is 12.3 Å². The van der Waals surface area contributed by atoms with Gasteiger partial charge in [-0.25, -0.2) is 14.8 Å². The molecule has 8 nitrogen and oxygen atoms in total. The molecule has 0 spiro atoms. The lowest BCUT2D eigenvalue weighted by molar-refractivity contribution is 0.0240. The van der Waals surface area contributed by atoms with E-state index in [0.29, 0.717) is 24.5 Å². The van der Waals surface area contributed by atoms with Crippen molar-refractivity contribution in [3.05, 3.63) is 53.1 Å². The summed E-state index contributed by atoms with van der Waals surface area (Å²) in [6.45, 7) is 6.61. The molecule has 30 heavy (non-hydrogen) atoms. The molecule has 0 saturated heterocycles. The molecule has 0 bridgehead atoms. The van der Waals surface area contributed by atoms with Gasteiger partial charge in [-0.05, 0) is 38.5 Å². The molecule has 3 rings (SSSR count). The summed E-state index contributed by atoms with van der Waals surface area (Å²) in [5, 5.41) is 2.79. The molecule has 2 amide bonds. The standard InChI is InChI=1S/C22H24N4O4/c1-5-10-29-17-8-6-15(7-9-17)11-24-20(27)19-23-12-16-13-26(14-18(16)25-19)21(28)30-22(2,3)4/h1,6-9,12H,10-11,13-14H2,2-4H3,(H,24,27). The molecule has 0 saturated carbocycles. The Kier molecular flexibility index (Phi) is 6.21. The minimum atomic E-state index is -0.575. The maximum atomic E-state index is 12.4. The number of ether oxygens (including phenoxy) is 2. The van der Waals surface area contributed by atoms with E-state index in [2.05, 4.69) is 21.2 Å². The number of hydrogen-bond acceptors (Lipinski definition) is 6. The number of rotatable bonds is 5. The van der Waals surface area contributed by atoms with Crippen molar-refractivity contribution >= 4 is 12.0 Å². The van der Waals surface area contributed by atoms with E-state index in [9.17, 15) is 9.59 Å². The molecule has 2 aromatic rings. The Morgan fingerprint density at radius 1 is 1.23 bits per heavy atom. The first-order valence-corrected chi connectivity index (χ1v) is 9.51.